The number of nitrogens with zero attached hydrogens (tertiary/aromatic N) is 2. The zero-order valence-corrected chi connectivity index (χ0v) is 14.7. The Balaban J connectivity index is 1.38. The number of amides is 2. The van der Waals surface area contributed by atoms with Gasteiger partial charge in [0.25, 0.3) is 6.01 Å². The molecule has 2 heterocycles. The molecule has 2 amide bonds. The monoisotopic (exact) mass is 364 g/mol. The van der Waals surface area contributed by atoms with E-state index in [2.05, 4.69) is 15.2 Å². The lowest BCUT2D eigenvalue weighted by Crippen LogP contribution is -2.38. The van der Waals surface area contributed by atoms with Crippen molar-refractivity contribution in [2.24, 2.45) is 11.7 Å². The molecule has 0 radical (unpaired) electrons. The van der Waals surface area contributed by atoms with Crippen LogP contribution in [0.5, 0.6) is 0 Å². The number of oxazole rings is 1. The highest BCUT2D eigenvalue weighted by molar-refractivity contribution is 5.97. The fraction of sp³-hybridized carbons (Fsp3) is 0.250. The van der Waals surface area contributed by atoms with Gasteiger partial charge in [-0.3, -0.25) is 9.59 Å². The number of fused-ring (bicyclic) bond motifs is 1. The minimum Gasteiger partial charge on any atom is -0.423 e. The van der Waals surface area contributed by atoms with E-state index in [1.807, 2.05) is 24.3 Å². The van der Waals surface area contributed by atoms with Gasteiger partial charge in [-0.2, -0.15) is 4.98 Å². The lowest BCUT2D eigenvalue weighted by Gasteiger charge is -2.30. The molecular weight excluding hydrogens is 344 g/mol. The Morgan fingerprint density at radius 1 is 1.11 bits per heavy atom. The summed E-state index contributed by atoms with van der Waals surface area (Å²) in [7, 11) is 0. The summed E-state index contributed by atoms with van der Waals surface area (Å²) in [5, 5.41) is 2.88. The summed E-state index contributed by atoms with van der Waals surface area (Å²) in [6, 6.07) is 14.9. The van der Waals surface area contributed by atoms with Crippen molar-refractivity contribution in [1.82, 2.24) is 4.98 Å². The van der Waals surface area contributed by atoms with E-state index in [9.17, 15) is 9.59 Å². The maximum atomic E-state index is 12.5. The topological polar surface area (TPSA) is 101 Å². The van der Waals surface area contributed by atoms with E-state index in [4.69, 9.17) is 10.2 Å². The first kappa shape index (κ1) is 17.1. The summed E-state index contributed by atoms with van der Waals surface area (Å²) in [5.41, 5.74) is 7.84. The van der Waals surface area contributed by atoms with Crippen molar-refractivity contribution in [1.29, 1.82) is 0 Å². The third-order valence-corrected chi connectivity index (χ3v) is 4.83. The average Bonchev–Trinajstić information content (AvgIpc) is 3.12. The van der Waals surface area contributed by atoms with Crippen molar-refractivity contribution in [3.8, 4) is 0 Å². The van der Waals surface area contributed by atoms with Crippen LogP contribution >= 0.6 is 0 Å². The van der Waals surface area contributed by atoms with Crippen molar-refractivity contribution < 1.29 is 14.0 Å². The molecule has 0 bridgehead atoms. The Hall–Kier alpha value is -3.35. The first-order valence-corrected chi connectivity index (χ1v) is 8.91. The van der Waals surface area contributed by atoms with Crippen LogP contribution in [0.3, 0.4) is 0 Å². The molecule has 1 aliphatic rings. The van der Waals surface area contributed by atoms with Crippen LogP contribution in [0.4, 0.5) is 11.7 Å². The third-order valence-electron chi connectivity index (χ3n) is 4.83. The molecule has 27 heavy (non-hydrogen) atoms. The van der Waals surface area contributed by atoms with Gasteiger partial charge in [0.1, 0.15) is 5.52 Å². The first-order valence-electron chi connectivity index (χ1n) is 8.91. The molecule has 1 saturated heterocycles. The van der Waals surface area contributed by atoms with Crippen LogP contribution in [0.15, 0.2) is 52.9 Å². The Bertz CT molecular complexity index is 957. The fourth-order valence-corrected chi connectivity index (χ4v) is 3.32. The minimum absolute atomic E-state index is 0.0474. The molecule has 7 nitrogen and oxygen atoms in total. The van der Waals surface area contributed by atoms with E-state index in [0.717, 1.165) is 11.1 Å². The fourth-order valence-electron chi connectivity index (χ4n) is 3.32. The molecule has 0 unspecified atom stereocenters. The molecule has 1 fully saturated rings. The maximum absolute atomic E-state index is 12.5. The molecule has 1 aliphatic heterocycles. The number of primary amides is 1. The Morgan fingerprint density at radius 2 is 1.89 bits per heavy atom. The molecule has 1 aromatic heterocycles. The highest BCUT2D eigenvalue weighted by Crippen LogP contribution is 2.27. The van der Waals surface area contributed by atoms with Crippen molar-refractivity contribution in [3.63, 3.8) is 0 Å². The second kappa shape index (κ2) is 7.11. The Labute approximate surface area is 156 Å². The predicted molar refractivity (Wildman–Crippen MR) is 103 cm³/mol. The smallest absolute Gasteiger partial charge is 0.298 e. The van der Waals surface area contributed by atoms with Gasteiger partial charge in [-0.15, -0.1) is 0 Å². The number of rotatable bonds is 4. The Morgan fingerprint density at radius 3 is 2.63 bits per heavy atom. The van der Waals surface area contributed by atoms with Crippen LogP contribution in [0.25, 0.3) is 11.1 Å². The van der Waals surface area contributed by atoms with Gasteiger partial charge in [0, 0.05) is 30.3 Å². The summed E-state index contributed by atoms with van der Waals surface area (Å²) < 4.78 is 5.80. The summed E-state index contributed by atoms with van der Waals surface area (Å²) in [6.07, 6.45) is 1.42. The van der Waals surface area contributed by atoms with Gasteiger partial charge in [0.2, 0.25) is 11.8 Å². The number of hydrogen-bond acceptors (Lipinski definition) is 5. The number of carbonyl (C=O) groups is 2. The standard InChI is InChI=1S/C20H20N4O3/c21-18(25)14-4-3-5-15(12-14)22-19(26)13-8-10-24(11-9-13)20-23-16-6-1-2-7-17(16)27-20/h1-7,12-13H,8-11H2,(H2,21,25)(H,22,26). The number of nitrogens with one attached hydrogen (secondary N) is 1. The van der Waals surface area contributed by atoms with Crippen molar-refractivity contribution in [3.05, 3.63) is 54.1 Å². The van der Waals surface area contributed by atoms with Crippen molar-refractivity contribution in [2.45, 2.75) is 12.8 Å². The molecule has 3 aromatic rings. The van der Waals surface area contributed by atoms with Crippen molar-refractivity contribution in [2.75, 3.05) is 23.3 Å². The molecular formula is C20H20N4O3. The highest BCUT2D eigenvalue weighted by atomic mass is 16.4. The second-order valence-corrected chi connectivity index (χ2v) is 6.66. The molecule has 7 heteroatoms. The zero-order valence-electron chi connectivity index (χ0n) is 14.7. The molecule has 0 atom stereocenters. The molecule has 3 N–H and O–H groups in total. The molecule has 0 spiro atoms. The largest absolute Gasteiger partial charge is 0.423 e. The number of aromatic nitrogens is 1. The summed E-state index contributed by atoms with van der Waals surface area (Å²) >= 11 is 0. The van der Waals surface area contributed by atoms with Crippen LogP contribution in [0.2, 0.25) is 0 Å². The number of carbonyl (C=O) groups excluding carboxylic acids is 2. The van der Waals surface area contributed by atoms with E-state index in [1.54, 1.807) is 24.3 Å². The van der Waals surface area contributed by atoms with Gasteiger partial charge in [-0.05, 0) is 43.2 Å². The van der Waals surface area contributed by atoms with E-state index in [1.165, 1.54) is 0 Å². The maximum Gasteiger partial charge on any atom is 0.298 e. The number of nitrogens with two attached hydrogens (primary N) is 1. The quantitative estimate of drug-likeness (QED) is 0.741. The summed E-state index contributed by atoms with van der Waals surface area (Å²) in [5.74, 6) is -0.658. The van der Waals surface area contributed by atoms with Gasteiger partial charge in [0.05, 0.1) is 0 Å². The number of piperidine rings is 1. The minimum atomic E-state index is -0.516. The van der Waals surface area contributed by atoms with Gasteiger partial charge in [0.15, 0.2) is 5.58 Å². The van der Waals surface area contributed by atoms with Crippen LogP contribution in [-0.4, -0.2) is 29.9 Å². The van der Waals surface area contributed by atoms with E-state index in [0.29, 0.717) is 43.2 Å². The molecule has 2 aromatic carbocycles. The zero-order chi connectivity index (χ0) is 18.8. The van der Waals surface area contributed by atoms with Crippen LogP contribution in [0.1, 0.15) is 23.2 Å². The third kappa shape index (κ3) is 3.62. The molecule has 0 aliphatic carbocycles. The van der Waals surface area contributed by atoms with Crippen LogP contribution in [0, 0.1) is 5.92 Å². The summed E-state index contributed by atoms with van der Waals surface area (Å²) in [4.78, 5) is 30.4. The number of benzene rings is 2. The number of para-hydroxylation sites is 2. The average molecular weight is 364 g/mol. The molecule has 0 saturated carbocycles. The molecule has 138 valence electrons. The second-order valence-electron chi connectivity index (χ2n) is 6.66. The van der Waals surface area contributed by atoms with Gasteiger partial charge in [-0.25, -0.2) is 0 Å². The van der Waals surface area contributed by atoms with E-state index >= 15 is 0 Å². The lowest BCUT2D eigenvalue weighted by molar-refractivity contribution is -0.120. The van der Waals surface area contributed by atoms with Gasteiger partial charge >= 0.3 is 0 Å². The van der Waals surface area contributed by atoms with Gasteiger partial charge in [-0.1, -0.05) is 18.2 Å². The van der Waals surface area contributed by atoms with Crippen LogP contribution in [-0.2, 0) is 4.79 Å². The normalized spacial score (nSPS) is 15.0. The van der Waals surface area contributed by atoms with Crippen molar-refractivity contribution >= 4 is 34.6 Å². The lowest BCUT2D eigenvalue weighted by atomic mass is 9.96. The first-order chi connectivity index (χ1) is 13.1. The molecule has 4 rings (SSSR count). The highest BCUT2D eigenvalue weighted by Gasteiger charge is 2.27. The number of hydrogen-bond donors (Lipinski definition) is 2. The predicted octanol–water partition coefficient (Wildman–Crippen LogP) is 2.78. The Kier molecular flexibility index (Phi) is 4.50. The van der Waals surface area contributed by atoms with Crippen LogP contribution < -0.4 is 16.0 Å². The summed E-state index contributed by atoms with van der Waals surface area (Å²) in [6.45, 7) is 1.40. The number of anilines is 2. The van der Waals surface area contributed by atoms with E-state index < -0.39 is 5.91 Å². The van der Waals surface area contributed by atoms with Gasteiger partial charge < -0.3 is 20.4 Å². The SMILES string of the molecule is NC(=O)c1cccc(NC(=O)C2CCN(c3nc4ccccc4o3)CC2)c1. The van der Waals surface area contributed by atoms with E-state index in [-0.39, 0.29) is 11.8 Å².